The molecular weight excluding hydrogens is 378 g/mol. The van der Waals surface area contributed by atoms with Crippen LogP contribution in [0.25, 0.3) is 0 Å². The molecule has 6 nitrogen and oxygen atoms in total. The van der Waals surface area contributed by atoms with Crippen LogP contribution in [-0.2, 0) is 17.3 Å². The van der Waals surface area contributed by atoms with E-state index >= 15 is 0 Å². The summed E-state index contributed by atoms with van der Waals surface area (Å²) in [5.74, 6) is 4.43. The Bertz CT molecular complexity index is 555. The molecule has 0 aromatic rings. The summed E-state index contributed by atoms with van der Waals surface area (Å²) in [5.41, 5.74) is 0.138. The molecule has 0 aromatic heterocycles. The first-order valence-electron chi connectivity index (χ1n) is 5.36. The van der Waals surface area contributed by atoms with Gasteiger partial charge in [-0.15, -0.1) is 0 Å². The molecule has 2 N–H and O–H groups in total. The SMILES string of the molecule is CSOP(=O)(OSC)C1=C(Cl)C(Cl)=C(C(=O)C=NN)[CH]C1. The van der Waals surface area contributed by atoms with Crippen molar-refractivity contribution in [2.45, 2.75) is 6.42 Å². The van der Waals surface area contributed by atoms with E-state index in [-0.39, 0.29) is 27.4 Å². The standard InChI is InChI=1S/C10H12Cl2N2O4PS2/c1-20-17-19(16,18-21-2)8-4-3-6(7(15)5-14-13)9(11)10(8)12/h3,5H,4,13H2,1-2H3. The number of Topliss-reactive ketones (excluding diaryl/α,β-unsaturated/α-hetero) is 1. The number of hydrogen-bond donors (Lipinski definition) is 1. The maximum atomic E-state index is 12.7. The predicted molar refractivity (Wildman–Crippen MR) is 89.2 cm³/mol. The maximum Gasteiger partial charge on any atom is 0.380 e. The molecule has 1 aliphatic rings. The number of allylic oxidation sites excluding steroid dienone is 4. The minimum absolute atomic E-state index is 0.0284. The second kappa shape index (κ2) is 8.62. The van der Waals surface area contributed by atoms with Crippen LogP contribution in [0, 0.1) is 6.42 Å². The van der Waals surface area contributed by atoms with Crippen LogP contribution in [-0.4, -0.2) is 24.5 Å². The molecule has 1 radical (unpaired) electrons. The van der Waals surface area contributed by atoms with Gasteiger partial charge in [-0.2, -0.15) is 5.10 Å². The number of carbonyl (C=O) groups excluding carboxylic acids is 1. The highest BCUT2D eigenvalue weighted by Gasteiger charge is 2.37. The molecule has 0 fully saturated rings. The lowest BCUT2D eigenvalue weighted by atomic mass is 10.0. The highest BCUT2D eigenvalue weighted by atomic mass is 35.5. The van der Waals surface area contributed by atoms with E-state index in [1.54, 1.807) is 12.5 Å². The van der Waals surface area contributed by atoms with Crippen molar-refractivity contribution in [1.29, 1.82) is 0 Å². The third-order valence-corrected chi connectivity index (χ3v) is 7.18. The number of nitrogens with two attached hydrogens (primary N) is 1. The molecule has 11 heteroatoms. The van der Waals surface area contributed by atoms with Crippen LogP contribution in [0.3, 0.4) is 0 Å². The molecule has 0 bridgehead atoms. The van der Waals surface area contributed by atoms with Gasteiger partial charge in [0.25, 0.3) is 0 Å². The first kappa shape index (κ1) is 19.1. The van der Waals surface area contributed by atoms with Gasteiger partial charge in [0.2, 0.25) is 5.78 Å². The lowest BCUT2D eigenvalue weighted by molar-refractivity contribution is -0.109. The Hall–Kier alpha value is 0.0500. The summed E-state index contributed by atoms with van der Waals surface area (Å²) in [4.78, 5) is 11.7. The van der Waals surface area contributed by atoms with Gasteiger partial charge in [0.1, 0.15) is 0 Å². The van der Waals surface area contributed by atoms with Crippen molar-refractivity contribution in [1.82, 2.24) is 0 Å². The Kier molecular flexibility index (Phi) is 7.84. The van der Waals surface area contributed by atoms with Gasteiger partial charge in [0, 0.05) is 24.5 Å². The Labute approximate surface area is 141 Å². The number of halogens is 2. The third-order valence-electron chi connectivity index (χ3n) is 2.32. The second-order valence-electron chi connectivity index (χ2n) is 3.52. The Morgan fingerprint density at radius 2 is 1.95 bits per heavy atom. The van der Waals surface area contributed by atoms with E-state index in [4.69, 9.17) is 37.0 Å². The molecule has 0 heterocycles. The van der Waals surface area contributed by atoms with Crippen LogP contribution < -0.4 is 5.84 Å². The highest BCUT2D eigenvalue weighted by molar-refractivity contribution is 8.01. The summed E-state index contributed by atoms with van der Waals surface area (Å²) in [6.45, 7) is 0. The second-order valence-corrected chi connectivity index (χ2v) is 7.67. The number of ketones is 1. The number of nitrogens with zero attached hydrogens (tertiary/aromatic N) is 1. The maximum absolute atomic E-state index is 12.7. The van der Waals surface area contributed by atoms with Crippen LogP contribution >= 0.6 is 54.9 Å². The Morgan fingerprint density at radius 1 is 1.38 bits per heavy atom. The summed E-state index contributed by atoms with van der Waals surface area (Å²) >= 11 is 14.0. The first-order valence-corrected chi connectivity index (χ1v) is 9.96. The molecule has 1 aliphatic carbocycles. The number of carbonyl (C=O) groups is 1. The largest absolute Gasteiger partial charge is 0.380 e. The van der Waals surface area contributed by atoms with Crippen molar-refractivity contribution in [3.05, 3.63) is 27.4 Å². The van der Waals surface area contributed by atoms with E-state index in [2.05, 4.69) is 5.10 Å². The molecule has 0 aliphatic heterocycles. The zero-order valence-electron chi connectivity index (χ0n) is 11.0. The van der Waals surface area contributed by atoms with Crippen molar-refractivity contribution < 1.29 is 17.3 Å². The fourth-order valence-corrected chi connectivity index (χ4v) is 5.62. The summed E-state index contributed by atoms with van der Waals surface area (Å²) < 4.78 is 22.9. The van der Waals surface area contributed by atoms with Crippen LogP contribution in [0.1, 0.15) is 6.42 Å². The van der Waals surface area contributed by atoms with E-state index in [1.807, 2.05) is 0 Å². The molecule has 0 aromatic carbocycles. The van der Waals surface area contributed by atoms with Gasteiger partial charge in [-0.05, 0) is 30.5 Å². The van der Waals surface area contributed by atoms with Gasteiger partial charge in [0.05, 0.1) is 21.6 Å². The van der Waals surface area contributed by atoms with Crippen molar-refractivity contribution >= 4 is 66.9 Å². The van der Waals surface area contributed by atoms with Gasteiger partial charge in [0.15, 0.2) is 0 Å². The van der Waals surface area contributed by atoms with Gasteiger partial charge in [-0.1, -0.05) is 23.2 Å². The van der Waals surface area contributed by atoms with E-state index < -0.39 is 13.4 Å². The third kappa shape index (κ3) is 4.51. The predicted octanol–water partition coefficient (Wildman–Crippen LogP) is 3.83. The zero-order valence-corrected chi connectivity index (χ0v) is 15.1. The number of rotatable bonds is 7. The minimum atomic E-state index is -3.61. The van der Waals surface area contributed by atoms with Gasteiger partial charge < -0.3 is 5.84 Å². The fraction of sp³-hybridized carbons (Fsp3) is 0.300. The average molecular weight is 390 g/mol. The number of hydrazone groups is 1. The van der Waals surface area contributed by atoms with E-state index in [0.29, 0.717) is 0 Å². The van der Waals surface area contributed by atoms with E-state index in [0.717, 1.165) is 30.3 Å². The van der Waals surface area contributed by atoms with Crippen molar-refractivity contribution in [3.63, 3.8) is 0 Å². The lowest BCUT2D eigenvalue weighted by Crippen LogP contribution is -2.12. The molecule has 0 spiro atoms. The fourth-order valence-electron chi connectivity index (χ4n) is 1.50. The molecule has 21 heavy (non-hydrogen) atoms. The van der Waals surface area contributed by atoms with Crippen LogP contribution in [0.2, 0.25) is 0 Å². The molecule has 117 valence electrons. The quantitative estimate of drug-likeness (QED) is 0.232. The van der Waals surface area contributed by atoms with Gasteiger partial charge in [-0.3, -0.25) is 9.36 Å². The Morgan fingerprint density at radius 3 is 2.43 bits per heavy atom. The van der Waals surface area contributed by atoms with E-state index in [1.165, 1.54) is 6.42 Å². The van der Waals surface area contributed by atoms with Crippen LogP contribution in [0.5, 0.6) is 0 Å². The summed E-state index contributed by atoms with van der Waals surface area (Å²) in [6, 6.07) is 0. The molecule has 0 atom stereocenters. The molecular formula is C10H12Cl2N2O4PS2. The van der Waals surface area contributed by atoms with Gasteiger partial charge >= 0.3 is 7.60 Å². The topological polar surface area (TPSA) is 91.0 Å². The van der Waals surface area contributed by atoms with Crippen molar-refractivity contribution in [2.75, 3.05) is 12.5 Å². The molecule has 1 rings (SSSR count). The lowest BCUT2D eigenvalue weighted by Gasteiger charge is -2.23. The molecule has 0 unspecified atom stereocenters. The first-order chi connectivity index (χ1) is 9.91. The van der Waals surface area contributed by atoms with E-state index in [9.17, 15) is 9.36 Å². The van der Waals surface area contributed by atoms with Crippen LogP contribution in [0.15, 0.2) is 26.1 Å². The van der Waals surface area contributed by atoms with Crippen molar-refractivity contribution in [2.24, 2.45) is 10.9 Å². The normalized spacial score (nSPS) is 17.0. The average Bonchev–Trinajstić information content (AvgIpc) is 2.42. The zero-order chi connectivity index (χ0) is 16.0. The smallest absolute Gasteiger partial charge is 0.323 e. The number of hydrogen-bond acceptors (Lipinski definition) is 8. The molecule has 0 amide bonds. The van der Waals surface area contributed by atoms with Crippen LogP contribution in [0.4, 0.5) is 0 Å². The summed E-state index contributed by atoms with van der Waals surface area (Å²) in [7, 11) is -3.61. The summed E-state index contributed by atoms with van der Waals surface area (Å²) in [6.07, 6.45) is 5.70. The summed E-state index contributed by atoms with van der Waals surface area (Å²) in [5, 5.41) is 3.26. The van der Waals surface area contributed by atoms with Gasteiger partial charge in [-0.25, -0.2) is 7.94 Å². The minimum Gasteiger partial charge on any atom is -0.323 e. The van der Waals surface area contributed by atoms with Crippen molar-refractivity contribution in [3.8, 4) is 0 Å². The molecule has 0 saturated heterocycles. The monoisotopic (exact) mass is 389 g/mol. The highest BCUT2D eigenvalue weighted by Crippen LogP contribution is 2.65. The molecule has 0 saturated carbocycles. The Balaban J connectivity index is 3.27.